The number of nitrogens with zero attached hydrogens (tertiary/aromatic N) is 2. The van der Waals surface area contributed by atoms with Crippen molar-refractivity contribution >= 4 is 11.6 Å². The van der Waals surface area contributed by atoms with Gasteiger partial charge in [-0.05, 0) is 32.1 Å². The summed E-state index contributed by atoms with van der Waals surface area (Å²) in [5.74, 6) is 0.677. The number of hydrogen-bond acceptors (Lipinski definition) is 2. The molecule has 1 aromatic rings. The molecule has 16 heavy (non-hydrogen) atoms. The third kappa shape index (κ3) is 2.25. The van der Waals surface area contributed by atoms with Gasteiger partial charge in [-0.15, -0.1) is 0 Å². The van der Waals surface area contributed by atoms with Gasteiger partial charge in [-0.25, -0.2) is 0 Å². The molecule has 1 heterocycles. The second-order valence-electron chi connectivity index (χ2n) is 4.89. The molecule has 2 N–H and O–H groups in total. The van der Waals surface area contributed by atoms with E-state index in [4.69, 9.17) is 17.3 Å². The molecule has 90 valence electrons. The summed E-state index contributed by atoms with van der Waals surface area (Å²) in [6, 6.07) is 0.239. The fraction of sp³-hybridized carbons (Fsp3) is 0.750. The number of aryl methyl sites for hydroxylation is 2. The summed E-state index contributed by atoms with van der Waals surface area (Å²) in [7, 11) is 1.87. The molecule has 1 aromatic heterocycles. The normalized spacial score (nSPS) is 19.2. The third-order valence-corrected chi connectivity index (χ3v) is 4.19. The van der Waals surface area contributed by atoms with Crippen molar-refractivity contribution in [1.29, 1.82) is 0 Å². The van der Waals surface area contributed by atoms with Gasteiger partial charge in [0.05, 0.1) is 5.69 Å². The highest BCUT2D eigenvalue weighted by Crippen LogP contribution is 2.30. The summed E-state index contributed by atoms with van der Waals surface area (Å²) in [5.41, 5.74) is 8.41. The van der Waals surface area contributed by atoms with E-state index >= 15 is 0 Å². The van der Waals surface area contributed by atoms with E-state index in [1.165, 1.54) is 25.7 Å². The summed E-state index contributed by atoms with van der Waals surface area (Å²) < 4.78 is 1.73. The van der Waals surface area contributed by atoms with Crippen LogP contribution in [-0.4, -0.2) is 15.8 Å². The molecule has 1 atom stereocenters. The van der Waals surface area contributed by atoms with Crippen LogP contribution in [0.1, 0.15) is 36.9 Å². The van der Waals surface area contributed by atoms with Crippen LogP contribution in [0.15, 0.2) is 0 Å². The highest BCUT2D eigenvalue weighted by Gasteiger charge is 2.24. The first-order valence-electron chi connectivity index (χ1n) is 6.03. The quantitative estimate of drug-likeness (QED) is 0.884. The molecule has 2 rings (SSSR count). The summed E-state index contributed by atoms with van der Waals surface area (Å²) in [5, 5.41) is 5.06. The maximum Gasteiger partial charge on any atom is 0.130 e. The number of aromatic nitrogens is 2. The minimum atomic E-state index is 0.239. The van der Waals surface area contributed by atoms with E-state index in [-0.39, 0.29) is 6.04 Å². The van der Waals surface area contributed by atoms with E-state index < -0.39 is 0 Å². The maximum absolute atomic E-state index is 6.26. The van der Waals surface area contributed by atoms with Gasteiger partial charge in [0.15, 0.2) is 0 Å². The molecule has 0 saturated heterocycles. The average molecular weight is 242 g/mol. The maximum atomic E-state index is 6.26. The van der Waals surface area contributed by atoms with Crippen molar-refractivity contribution in [2.75, 3.05) is 0 Å². The van der Waals surface area contributed by atoms with E-state index in [0.717, 1.165) is 22.8 Å². The van der Waals surface area contributed by atoms with E-state index in [1.54, 1.807) is 4.68 Å². The summed E-state index contributed by atoms with van der Waals surface area (Å²) >= 11 is 6.21. The van der Waals surface area contributed by atoms with Crippen LogP contribution in [0.5, 0.6) is 0 Å². The van der Waals surface area contributed by atoms with E-state index in [0.29, 0.717) is 5.92 Å². The zero-order chi connectivity index (χ0) is 11.7. The molecular weight excluding hydrogens is 222 g/mol. The smallest absolute Gasteiger partial charge is 0.130 e. The molecule has 0 bridgehead atoms. The van der Waals surface area contributed by atoms with Crippen LogP contribution in [-0.2, 0) is 13.5 Å². The van der Waals surface area contributed by atoms with Crippen molar-refractivity contribution in [3.8, 4) is 0 Å². The minimum absolute atomic E-state index is 0.239. The van der Waals surface area contributed by atoms with Gasteiger partial charge in [-0.2, -0.15) is 5.10 Å². The van der Waals surface area contributed by atoms with Crippen LogP contribution in [0.4, 0.5) is 0 Å². The topological polar surface area (TPSA) is 43.8 Å². The fourth-order valence-electron chi connectivity index (χ4n) is 2.69. The zero-order valence-electron chi connectivity index (χ0n) is 10.0. The predicted molar refractivity (Wildman–Crippen MR) is 66.6 cm³/mol. The van der Waals surface area contributed by atoms with Crippen LogP contribution < -0.4 is 5.73 Å². The third-order valence-electron chi connectivity index (χ3n) is 3.72. The number of nitrogens with two attached hydrogens (primary N) is 1. The molecule has 1 fully saturated rings. The van der Waals surface area contributed by atoms with E-state index in [2.05, 4.69) is 5.10 Å². The highest BCUT2D eigenvalue weighted by molar-refractivity contribution is 6.30. The van der Waals surface area contributed by atoms with Crippen molar-refractivity contribution in [2.45, 2.75) is 45.1 Å². The van der Waals surface area contributed by atoms with Gasteiger partial charge >= 0.3 is 0 Å². The molecular formula is C12H20ClN3. The largest absolute Gasteiger partial charge is 0.327 e. The van der Waals surface area contributed by atoms with Crippen LogP contribution in [0.3, 0.4) is 0 Å². The number of hydrogen-bond donors (Lipinski definition) is 1. The molecule has 3 nitrogen and oxygen atoms in total. The predicted octanol–water partition coefficient (Wildman–Crippen LogP) is 2.44. The Balaban J connectivity index is 2.07. The van der Waals surface area contributed by atoms with Gasteiger partial charge in [-0.3, -0.25) is 4.68 Å². The molecule has 0 aromatic carbocycles. The summed E-state index contributed by atoms with van der Waals surface area (Å²) in [6.45, 7) is 2.00. The minimum Gasteiger partial charge on any atom is -0.327 e. The van der Waals surface area contributed by atoms with Gasteiger partial charge in [0.1, 0.15) is 5.15 Å². The molecule has 1 aliphatic rings. The lowest BCUT2D eigenvalue weighted by atomic mass is 9.93. The molecule has 0 amide bonds. The second kappa shape index (κ2) is 4.76. The fourth-order valence-corrected chi connectivity index (χ4v) is 2.95. The van der Waals surface area contributed by atoms with Gasteiger partial charge in [-0.1, -0.05) is 24.4 Å². The standard InChI is InChI=1S/C12H20ClN3/c1-8-10(12(13)16(2)15-8)7-11(14)9-5-3-4-6-9/h9,11H,3-7,14H2,1-2H3. The Morgan fingerprint density at radius 1 is 1.50 bits per heavy atom. The zero-order valence-corrected chi connectivity index (χ0v) is 10.8. The molecule has 1 saturated carbocycles. The van der Waals surface area contributed by atoms with Gasteiger partial charge in [0.2, 0.25) is 0 Å². The molecule has 0 radical (unpaired) electrons. The first-order chi connectivity index (χ1) is 7.59. The van der Waals surface area contributed by atoms with Crippen molar-refractivity contribution in [3.63, 3.8) is 0 Å². The first-order valence-corrected chi connectivity index (χ1v) is 6.41. The van der Waals surface area contributed by atoms with Crippen LogP contribution in [0, 0.1) is 12.8 Å². The SMILES string of the molecule is Cc1nn(C)c(Cl)c1CC(N)C1CCCC1. The van der Waals surface area contributed by atoms with Gasteiger partial charge < -0.3 is 5.73 Å². The van der Waals surface area contributed by atoms with Gasteiger partial charge in [0.25, 0.3) is 0 Å². The molecule has 0 spiro atoms. The molecule has 0 aliphatic heterocycles. The Labute approximate surface area is 102 Å². The average Bonchev–Trinajstić information content (AvgIpc) is 2.83. The second-order valence-corrected chi connectivity index (χ2v) is 5.25. The van der Waals surface area contributed by atoms with Crippen molar-refractivity contribution in [2.24, 2.45) is 18.7 Å². The Hall–Kier alpha value is -0.540. The number of rotatable bonds is 3. The number of halogens is 1. The van der Waals surface area contributed by atoms with Crippen molar-refractivity contribution < 1.29 is 0 Å². The Morgan fingerprint density at radius 2 is 2.12 bits per heavy atom. The lowest BCUT2D eigenvalue weighted by molar-refractivity contribution is 0.429. The molecule has 1 aliphatic carbocycles. The van der Waals surface area contributed by atoms with E-state index in [1.807, 2.05) is 14.0 Å². The highest BCUT2D eigenvalue weighted by atomic mass is 35.5. The van der Waals surface area contributed by atoms with Crippen LogP contribution in [0.25, 0.3) is 0 Å². The Morgan fingerprint density at radius 3 is 2.62 bits per heavy atom. The lowest BCUT2D eigenvalue weighted by Gasteiger charge is -2.18. The first kappa shape index (κ1) is 11.9. The van der Waals surface area contributed by atoms with Crippen molar-refractivity contribution in [1.82, 2.24) is 9.78 Å². The Kier molecular flexibility index (Phi) is 3.55. The lowest BCUT2D eigenvalue weighted by Crippen LogP contribution is -2.30. The van der Waals surface area contributed by atoms with Crippen LogP contribution in [0.2, 0.25) is 5.15 Å². The Bertz CT molecular complexity index is 367. The van der Waals surface area contributed by atoms with Gasteiger partial charge in [0, 0.05) is 18.7 Å². The van der Waals surface area contributed by atoms with Crippen molar-refractivity contribution in [3.05, 3.63) is 16.4 Å². The molecule has 1 unspecified atom stereocenters. The molecule has 4 heteroatoms. The van der Waals surface area contributed by atoms with Crippen LogP contribution >= 0.6 is 11.6 Å². The summed E-state index contributed by atoms with van der Waals surface area (Å²) in [6.07, 6.45) is 6.08. The monoisotopic (exact) mass is 241 g/mol. The van der Waals surface area contributed by atoms with E-state index in [9.17, 15) is 0 Å². The summed E-state index contributed by atoms with van der Waals surface area (Å²) in [4.78, 5) is 0.